The van der Waals surface area contributed by atoms with E-state index in [2.05, 4.69) is 5.32 Å². The molecular formula is C27H30N2O4S. The topological polar surface area (TPSA) is 75.7 Å². The summed E-state index contributed by atoms with van der Waals surface area (Å²) in [6.45, 7) is 6.48. The smallest absolute Gasteiger partial charge is 0.244 e. The Kier molecular flexibility index (Phi) is 7.05. The SMILES string of the molecule is CCOc1ccccc1CNC(=O)[C@H]1Cc2ccccc2CN1S(=O)(=O)c1cc(C)ccc1C. The van der Waals surface area contributed by atoms with E-state index in [1.165, 1.54) is 4.31 Å². The maximum Gasteiger partial charge on any atom is 0.244 e. The van der Waals surface area contributed by atoms with Crippen molar-refractivity contribution in [1.82, 2.24) is 9.62 Å². The second-order valence-electron chi connectivity index (χ2n) is 8.57. The van der Waals surface area contributed by atoms with Gasteiger partial charge in [-0.3, -0.25) is 4.79 Å². The van der Waals surface area contributed by atoms with Crippen molar-refractivity contribution in [2.45, 2.75) is 51.2 Å². The van der Waals surface area contributed by atoms with Crippen LogP contribution < -0.4 is 10.1 Å². The molecule has 7 heteroatoms. The molecule has 1 heterocycles. The molecule has 1 amide bonds. The highest BCUT2D eigenvalue weighted by molar-refractivity contribution is 7.89. The maximum atomic E-state index is 13.8. The predicted octanol–water partition coefficient (Wildman–Crippen LogP) is 4.13. The Morgan fingerprint density at radius 1 is 1.03 bits per heavy atom. The molecule has 0 bridgehead atoms. The van der Waals surface area contributed by atoms with Crippen LogP contribution in [0.4, 0.5) is 0 Å². The number of benzene rings is 3. The molecule has 3 aromatic rings. The average molecular weight is 479 g/mol. The molecule has 34 heavy (non-hydrogen) atoms. The van der Waals surface area contributed by atoms with E-state index in [1.807, 2.05) is 68.4 Å². The summed E-state index contributed by atoms with van der Waals surface area (Å²) in [5, 5.41) is 2.95. The minimum atomic E-state index is -3.90. The fourth-order valence-corrected chi connectivity index (χ4v) is 6.21. The lowest BCUT2D eigenvalue weighted by molar-refractivity contribution is -0.125. The van der Waals surface area contributed by atoms with Gasteiger partial charge in [0.1, 0.15) is 11.8 Å². The number of carbonyl (C=O) groups is 1. The van der Waals surface area contributed by atoms with Crippen LogP contribution in [0.15, 0.2) is 71.6 Å². The summed E-state index contributed by atoms with van der Waals surface area (Å²) in [6.07, 6.45) is 0.319. The summed E-state index contributed by atoms with van der Waals surface area (Å²) in [5.74, 6) is 0.383. The fourth-order valence-electron chi connectivity index (χ4n) is 4.33. The molecule has 1 atom stereocenters. The summed E-state index contributed by atoms with van der Waals surface area (Å²) >= 11 is 0. The fraction of sp³-hybridized carbons (Fsp3) is 0.296. The molecule has 1 aliphatic heterocycles. The zero-order chi connectivity index (χ0) is 24.3. The molecule has 6 nitrogen and oxygen atoms in total. The van der Waals surface area contributed by atoms with E-state index in [9.17, 15) is 13.2 Å². The van der Waals surface area contributed by atoms with Crippen LogP contribution in [0.25, 0.3) is 0 Å². The average Bonchev–Trinajstić information content (AvgIpc) is 2.84. The Morgan fingerprint density at radius 2 is 1.74 bits per heavy atom. The van der Waals surface area contributed by atoms with Crippen molar-refractivity contribution in [3.05, 3.63) is 94.5 Å². The van der Waals surface area contributed by atoms with Crippen LogP contribution in [0.3, 0.4) is 0 Å². The summed E-state index contributed by atoms with van der Waals surface area (Å²) in [4.78, 5) is 13.7. The highest BCUT2D eigenvalue weighted by atomic mass is 32.2. The minimum Gasteiger partial charge on any atom is -0.494 e. The molecule has 0 saturated heterocycles. The van der Waals surface area contributed by atoms with E-state index in [4.69, 9.17) is 4.74 Å². The van der Waals surface area contributed by atoms with Gasteiger partial charge in [0, 0.05) is 18.7 Å². The second-order valence-corrected chi connectivity index (χ2v) is 10.4. The van der Waals surface area contributed by atoms with E-state index < -0.39 is 16.1 Å². The molecule has 3 aromatic carbocycles. The van der Waals surface area contributed by atoms with Crippen molar-refractivity contribution in [1.29, 1.82) is 0 Å². The Balaban J connectivity index is 1.66. The molecule has 0 saturated carbocycles. The first-order valence-corrected chi connectivity index (χ1v) is 12.9. The Labute approximate surface area is 201 Å². The number of nitrogens with zero attached hydrogens (tertiary/aromatic N) is 1. The number of nitrogens with one attached hydrogen (secondary N) is 1. The van der Waals surface area contributed by atoms with Crippen LogP contribution in [0.2, 0.25) is 0 Å². The lowest BCUT2D eigenvalue weighted by atomic mass is 9.95. The van der Waals surface area contributed by atoms with Crippen molar-refractivity contribution in [3.8, 4) is 5.75 Å². The van der Waals surface area contributed by atoms with Crippen LogP contribution in [0.5, 0.6) is 5.75 Å². The van der Waals surface area contributed by atoms with Gasteiger partial charge in [0.2, 0.25) is 15.9 Å². The number of hydrogen-bond donors (Lipinski definition) is 1. The third-order valence-electron chi connectivity index (χ3n) is 6.16. The van der Waals surface area contributed by atoms with Crippen LogP contribution in [0, 0.1) is 13.8 Å². The molecule has 1 N–H and O–H groups in total. The molecule has 0 fully saturated rings. The first-order chi connectivity index (χ1) is 16.3. The van der Waals surface area contributed by atoms with Crippen molar-refractivity contribution >= 4 is 15.9 Å². The molecule has 0 unspecified atom stereocenters. The number of sulfonamides is 1. The minimum absolute atomic E-state index is 0.152. The zero-order valence-electron chi connectivity index (χ0n) is 19.7. The van der Waals surface area contributed by atoms with Gasteiger partial charge in [-0.25, -0.2) is 8.42 Å². The quantitative estimate of drug-likeness (QED) is 0.554. The largest absolute Gasteiger partial charge is 0.494 e. The van der Waals surface area contributed by atoms with Crippen molar-refractivity contribution in [2.24, 2.45) is 0 Å². The molecule has 0 radical (unpaired) electrons. The monoisotopic (exact) mass is 478 g/mol. The number of ether oxygens (including phenoxy) is 1. The molecule has 1 aliphatic rings. The van der Waals surface area contributed by atoms with E-state index in [0.29, 0.717) is 24.3 Å². The molecule has 0 aliphatic carbocycles. The molecular weight excluding hydrogens is 448 g/mol. The van der Waals surface area contributed by atoms with Crippen molar-refractivity contribution < 1.29 is 17.9 Å². The highest BCUT2D eigenvalue weighted by Crippen LogP contribution is 2.31. The van der Waals surface area contributed by atoms with Gasteiger partial charge in [-0.2, -0.15) is 4.31 Å². The summed E-state index contributed by atoms with van der Waals surface area (Å²) in [6, 6.07) is 19.7. The number of para-hydroxylation sites is 1. The van der Waals surface area contributed by atoms with Crippen molar-refractivity contribution in [3.63, 3.8) is 0 Å². The predicted molar refractivity (Wildman–Crippen MR) is 132 cm³/mol. The maximum absolute atomic E-state index is 13.8. The van der Waals surface area contributed by atoms with E-state index >= 15 is 0 Å². The lowest BCUT2D eigenvalue weighted by Crippen LogP contribution is -2.52. The number of fused-ring (bicyclic) bond motifs is 1. The first-order valence-electron chi connectivity index (χ1n) is 11.5. The summed E-state index contributed by atoms with van der Waals surface area (Å²) < 4.78 is 34.7. The third kappa shape index (κ3) is 4.86. The second kappa shape index (κ2) is 9.99. The van der Waals surface area contributed by atoms with Gasteiger partial charge >= 0.3 is 0 Å². The van der Waals surface area contributed by atoms with Gasteiger partial charge in [-0.1, -0.05) is 54.6 Å². The van der Waals surface area contributed by atoms with E-state index in [-0.39, 0.29) is 23.9 Å². The number of hydrogen-bond acceptors (Lipinski definition) is 4. The molecule has 4 rings (SSSR count). The Morgan fingerprint density at radius 3 is 2.50 bits per heavy atom. The third-order valence-corrected chi connectivity index (χ3v) is 8.16. The number of aryl methyl sites for hydroxylation is 2. The van der Waals surface area contributed by atoms with E-state index in [0.717, 1.165) is 22.3 Å². The van der Waals surface area contributed by atoms with E-state index in [1.54, 1.807) is 19.1 Å². The molecule has 0 spiro atoms. The molecule has 0 aromatic heterocycles. The van der Waals surface area contributed by atoms with Gasteiger partial charge < -0.3 is 10.1 Å². The van der Waals surface area contributed by atoms with Gasteiger partial charge in [0.15, 0.2) is 0 Å². The number of carbonyl (C=O) groups excluding carboxylic acids is 1. The van der Waals surface area contributed by atoms with Crippen LogP contribution in [-0.2, 0) is 34.3 Å². The van der Waals surface area contributed by atoms with Crippen LogP contribution in [0.1, 0.15) is 34.7 Å². The standard InChI is InChI=1S/C27H30N2O4S/c1-4-33-25-12-8-7-10-22(25)17-28-27(30)24-16-21-9-5-6-11-23(21)18-29(24)34(31,32)26-15-19(2)13-14-20(26)3/h5-15,24H,4,16-18H2,1-3H3,(H,28,30)/t24-/m1/s1. The van der Waals surface area contributed by atoms with Crippen molar-refractivity contribution in [2.75, 3.05) is 6.61 Å². The highest BCUT2D eigenvalue weighted by Gasteiger charge is 2.40. The van der Waals surface area contributed by atoms with Gasteiger partial charge in [-0.05, 0) is 61.6 Å². The number of amides is 1. The van der Waals surface area contributed by atoms with Crippen LogP contribution >= 0.6 is 0 Å². The summed E-state index contributed by atoms with van der Waals surface area (Å²) in [5.41, 5.74) is 4.27. The van der Waals surface area contributed by atoms with Gasteiger partial charge in [0.05, 0.1) is 11.5 Å². The van der Waals surface area contributed by atoms with Crippen LogP contribution in [-0.4, -0.2) is 31.3 Å². The number of rotatable bonds is 7. The zero-order valence-corrected chi connectivity index (χ0v) is 20.6. The Hall–Kier alpha value is -3.16. The van der Waals surface area contributed by atoms with Gasteiger partial charge in [-0.15, -0.1) is 0 Å². The van der Waals surface area contributed by atoms with Gasteiger partial charge in [0.25, 0.3) is 0 Å². The lowest BCUT2D eigenvalue weighted by Gasteiger charge is -2.35. The Bertz CT molecular complexity index is 1300. The summed E-state index contributed by atoms with van der Waals surface area (Å²) in [7, 11) is -3.90. The first kappa shape index (κ1) is 24.0. The normalized spacial score (nSPS) is 16.0. The molecule has 178 valence electrons.